The van der Waals surface area contributed by atoms with Gasteiger partial charge in [0.05, 0.1) is 11.4 Å². The van der Waals surface area contributed by atoms with Gasteiger partial charge >= 0.3 is 6.61 Å². The largest absolute Gasteiger partial charge is 0.435 e. The molecule has 0 saturated heterocycles. The van der Waals surface area contributed by atoms with Crippen molar-refractivity contribution in [3.63, 3.8) is 0 Å². The molecule has 0 bridgehead atoms. The standard InChI is InChI=1S/C24H23F2N5O3/c1-3-33-20-11-10-19-22(30-20)31(16-5-7-17(8-6-16)34-24(25)26)23(32)21(29-19)14-4-9-18(27)15(12-14)13-28-2/h4-13,20,24,27-28,30H,3H2,1-2H3/b15-13-,27-18?. The van der Waals surface area contributed by atoms with Crippen LogP contribution in [0.4, 0.5) is 14.6 Å². The number of allylic oxidation sites excluding steroid dienone is 5. The van der Waals surface area contributed by atoms with Gasteiger partial charge in [0, 0.05) is 31.0 Å². The highest BCUT2D eigenvalue weighted by atomic mass is 19.3. The fourth-order valence-electron chi connectivity index (χ4n) is 3.63. The van der Waals surface area contributed by atoms with Crippen LogP contribution in [0.15, 0.2) is 65.1 Å². The van der Waals surface area contributed by atoms with E-state index in [1.54, 1.807) is 43.6 Å². The Hall–Kier alpha value is -4.05. The highest BCUT2D eigenvalue weighted by Gasteiger charge is 2.24. The molecule has 0 fully saturated rings. The summed E-state index contributed by atoms with van der Waals surface area (Å²) < 4.78 is 36.6. The monoisotopic (exact) mass is 467 g/mol. The van der Waals surface area contributed by atoms with E-state index in [4.69, 9.17) is 10.1 Å². The molecule has 176 valence electrons. The summed E-state index contributed by atoms with van der Waals surface area (Å²) in [5, 5.41) is 14.1. The maximum absolute atomic E-state index is 13.7. The second-order valence-corrected chi connectivity index (χ2v) is 7.32. The highest BCUT2D eigenvalue weighted by Crippen LogP contribution is 2.28. The zero-order valence-corrected chi connectivity index (χ0v) is 18.5. The number of hydrogen-bond acceptors (Lipinski definition) is 7. The number of aromatic nitrogens is 2. The molecule has 3 N–H and O–H groups in total. The van der Waals surface area contributed by atoms with Crippen molar-refractivity contribution in [2.45, 2.75) is 19.8 Å². The Morgan fingerprint density at radius 2 is 2.03 bits per heavy atom. The Balaban J connectivity index is 1.88. The van der Waals surface area contributed by atoms with Crippen LogP contribution in [0.3, 0.4) is 0 Å². The zero-order chi connectivity index (χ0) is 24.2. The molecule has 2 aromatic rings. The van der Waals surface area contributed by atoms with Crippen LogP contribution in [0, 0.1) is 5.41 Å². The van der Waals surface area contributed by atoms with Crippen LogP contribution in [0.2, 0.25) is 0 Å². The first-order chi connectivity index (χ1) is 16.4. The molecule has 34 heavy (non-hydrogen) atoms. The summed E-state index contributed by atoms with van der Waals surface area (Å²) in [4.78, 5) is 18.3. The fourth-order valence-corrected chi connectivity index (χ4v) is 3.63. The summed E-state index contributed by atoms with van der Waals surface area (Å²) in [6.07, 6.45) is 9.73. The van der Waals surface area contributed by atoms with Crippen LogP contribution in [0.1, 0.15) is 18.3 Å². The number of alkyl halides is 2. The molecule has 1 aliphatic heterocycles. The molecule has 1 aliphatic carbocycles. The van der Waals surface area contributed by atoms with Crippen LogP contribution in [0.25, 0.3) is 17.3 Å². The zero-order valence-electron chi connectivity index (χ0n) is 18.5. The maximum atomic E-state index is 13.7. The Labute approximate surface area is 194 Å². The number of nitrogens with zero attached hydrogens (tertiary/aromatic N) is 2. The van der Waals surface area contributed by atoms with E-state index in [-0.39, 0.29) is 11.4 Å². The number of benzene rings is 1. The lowest BCUT2D eigenvalue weighted by molar-refractivity contribution is -0.0498. The van der Waals surface area contributed by atoms with Gasteiger partial charge in [0.1, 0.15) is 29.2 Å². The number of halogens is 2. The molecule has 1 aromatic carbocycles. The Bertz CT molecular complexity index is 1280. The third-order valence-corrected chi connectivity index (χ3v) is 5.10. The first-order valence-electron chi connectivity index (χ1n) is 10.6. The average molecular weight is 467 g/mol. The van der Waals surface area contributed by atoms with E-state index < -0.39 is 18.4 Å². The van der Waals surface area contributed by atoms with Crippen molar-refractivity contribution in [1.29, 1.82) is 5.41 Å². The maximum Gasteiger partial charge on any atom is 0.387 e. The number of fused-ring (bicyclic) bond motifs is 1. The highest BCUT2D eigenvalue weighted by molar-refractivity contribution is 6.12. The van der Waals surface area contributed by atoms with Gasteiger partial charge in [-0.1, -0.05) is 6.08 Å². The van der Waals surface area contributed by atoms with Gasteiger partial charge in [-0.25, -0.2) is 4.98 Å². The molecule has 1 unspecified atom stereocenters. The molecule has 2 heterocycles. The number of rotatable bonds is 7. The van der Waals surface area contributed by atoms with Crippen molar-refractivity contribution in [2.24, 2.45) is 0 Å². The first kappa shape index (κ1) is 23.1. The van der Waals surface area contributed by atoms with E-state index in [0.29, 0.717) is 40.7 Å². The van der Waals surface area contributed by atoms with Gasteiger partial charge in [-0.2, -0.15) is 8.78 Å². The molecule has 0 radical (unpaired) electrons. The van der Waals surface area contributed by atoms with Crippen molar-refractivity contribution >= 4 is 23.2 Å². The lowest BCUT2D eigenvalue weighted by Crippen LogP contribution is -2.33. The summed E-state index contributed by atoms with van der Waals surface area (Å²) in [5.41, 5.74) is 2.13. The Kier molecular flexibility index (Phi) is 6.69. The molecule has 10 heteroatoms. The summed E-state index contributed by atoms with van der Waals surface area (Å²) >= 11 is 0. The summed E-state index contributed by atoms with van der Waals surface area (Å²) in [6.45, 7) is -0.635. The minimum atomic E-state index is -2.95. The summed E-state index contributed by atoms with van der Waals surface area (Å²) in [7, 11) is 1.73. The third-order valence-electron chi connectivity index (χ3n) is 5.10. The van der Waals surface area contributed by atoms with Crippen molar-refractivity contribution in [3.05, 3.63) is 82.1 Å². The van der Waals surface area contributed by atoms with Gasteiger partial charge in [0.25, 0.3) is 5.56 Å². The van der Waals surface area contributed by atoms with Gasteiger partial charge < -0.3 is 25.5 Å². The van der Waals surface area contributed by atoms with Crippen molar-refractivity contribution in [1.82, 2.24) is 14.9 Å². The van der Waals surface area contributed by atoms with E-state index in [1.165, 1.54) is 28.8 Å². The average Bonchev–Trinajstić information content (AvgIpc) is 2.81. The van der Waals surface area contributed by atoms with E-state index in [0.717, 1.165) is 0 Å². The molecular formula is C24H23F2N5O3. The van der Waals surface area contributed by atoms with Crippen LogP contribution in [0.5, 0.6) is 5.75 Å². The van der Waals surface area contributed by atoms with Gasteiger partial charge in [-0.3, -0.25) is 9.36 Å². The van der Waals surface area contributed by atoms with Crippen molar-refractivity contribution in [3.8, 4) is 11.4 Å². The Morgan fingerprint density at radius 1 is 1.26 bits per heavy atom. The number of anilines is 1. The van der Waals surface area contributed by atoms with Crippen LogP contribution >= 0.6 is 0 Å². The SMILES string of the molecule is CCOC1C=Cc2nc(C3=C/C(=C/NC)C(=N)C=C3)c(=O)n(-c3ccc(OC(F)F)cc3)c2N1. The molecular weight excluding hydrogens is 444 g/mol. The van der Waals surface area contributed by atoms with Crippen molar-refractivity contribution in [2.75, 3.05) is 19.0 Å². The first-order valence-corrected chi connectivity index (χ1v) is 10.6. The van der Waals surface area contributed by atoms with Gasteiger partial charge in [-0.05, 0) is 55.5 Å². The van der Waals surface area contributed by atoms with Gasteiger partial charge in [-0.15, -0.1) is 0 Å². The quantitative estimate of drug-likeness (QED) is 0.574. The fraction of sp³-hybridized carbons (Fsp3) is 0.208. The molecule has 0 amide bonds. The third kappa shape index (κ3) is 4.67. The predicted octanol–water partition coefficient (Wildman–Crippen LogP) is 3.71. The van der Waals surface area contributed by atoms with Crippen molar-refractivity contribution < 1.29 is 18.3 Å². The lowest BCUT2D eigenvalue weighted by Gasteiger charge is -2.25. The molecule has 0 spiro atoms. The molecule has 8 nitrogen and oxygen atoms in total. The second-order valence-electron chi connectivity index (χ2n) is 7.32. The van der Waals surface area contributed by atoms with Gasteiger partial charge in [0.15, 0.2) is 0 Å². The lowest BCUT2D eigenvalue weighted by atomic mass is 9.98. The number of nitrogens with one attached hydrogen (secondary N) is 3. The van der Waals surface area contributed by atoms with E-state index in [2.05, 4.69) is 20.4 Å². The molecule has 4 rings (SSSR count). The summed E-state index contributed by atoms with van der Waals surface area (Å²) in [6, 6.07) is 5.78. The smallest absolute Gasteiger partial charge is 0.387 e. The number of hydrogen-bond donors (Lipinski definition) is 3. The van der Waals surface area contributed by atoms with E-state index in [9.17, 15) is 13.6 Å². The minimum Gasteiger partial charge on any atom is -0.435 e. The topological polar surface area (TPSA) is 101 Å². The van der Waals surface area contributed by atoms with Crippen LogP contribution in [-0.2, 0) is 4.74 Å². The predicted molar refractivity (Wildman–Crippen MR) is 127 cm³/mol. The normalized spacial score (nSPS) is 18.0. The summed E-state index contributed by atoms with van der Waals surface area (Å²) in [5.74, 6) is 0.393. The second kappa shape index (κ2) is 9.84. The molecule has 0 saturated carbocycles. The molecule has 1 aromatic heterocycles. The van der Waals surface area contributed by atoms with Crippen LogP contribution < -0.4 is 20.9 Å². The van der Waals surface area contributed by atoms with Crippen LogP contribution in [-0.4, -0.2) is 41.8 Å². The number of ether oxygens (including phenoxy) is 2. The van der Waals surface area contributed by atoms with Gasteiger partial charge in [0.2, 0.25) is 0 Å². The van der Waals surface area contributed by atoms with E-state index in [1.807, 2.05) is 6.92 Å². The van der Waals surface area contributed by atoms with E-state index >= 15 is 0 Å². The Morgan fingerprint density at radius 3 is 2.71 bits per heavy atom. The molecule has 2 aliphatic rings. The molecule has 1 atom stereocenters. The minimum absolute atomic E-state index is 0.0201.